The van der Waals surface area contributed by atoms with Gasteiger partial charge in [0.2, 0.25) is 0 Å². The zero-order valence-corrected chi connectivity index (χ0v) is 15.6. The van der Waals surface area contributed by atoms with Crippen LogP contribution in [0.2, 0.25) is 4.34 Å². The maximum Gasteiger partial charge on any atom is 0.330 e. The van der Waals surface area contributed by atoms with Crippen molar-refractivity contribution in [2.75, 3.05) is 13.7 Å². The summed E-state index contributed by atoms with van der Waals surface area (Å²) in [6.45, 7) is -1.76. The van der Waals surface area contributed by atoms with Crippen molar-refractivity contribution in [2.24, 2.45) is 0 Å². The van der Waals surface area contributed by atoms with Gasteiger partial charge in [-0.25, -0.2) is 8.78 Å². The van der Waals surface area contributed by atoms with Crippen molar-refractivity contribution in [3.63, 3.8) is 0 Å². The number of halogens is 5. The Labute approximate surface area is 162 Å². The van der Waals surface area contributed by atoms with E-state index >= 15 is 0 Å². The molecule has 1 aromatic carbocycles. The normalized spacial score (nSPS) is 12.1. The summed E-state index contributed by atoms with van der Waals surface area (Å²) in [7, 11) is 1.38. The average molecular weight is 423 g/mol. The van der Waals surface area contributed by atoms with Gasteiger partial charge in [-0.3, -0.25) is 4.79 Å². The summed E-state index contributed by atoms with van der Waals surface area (Å²) in [6.07, 6.45) is -0.919. The van der Waals surface area contributed by atoms with Gasteiger partial charge >= 0.3 is 12.3 Å². The number of thiophene rings is 1. The number of methoxy groups -OCH3 is 1. The Balaban J connectivity index is 2.07. The van der Waals surface area contributed by atoms with Crippen molar-refractivity contribution < 1.29 is 31.8 Å². The first kappa shape index (κ1) is 21.4. The minimum atomic E-state index is -4.22. The molecule has 0 saturated carbocycles. The van der Waals surface area contributed by atoms with E-state index in [-0.39, 0.29) is 12.4 Å². The fraction of sp³-hybridized carbons (Fsp3) is 0.278. The largest absolute Gasteiger partial charge is 0.496 e. The Morgan fingerprint density at radius 3 is 2.63 bits per heavy atom. The van der Waals surface area contributed by atoms with Gasteiger partial charge < -0.3 is 9.47 Å². The third-order valence-electron chi connectivity index (χ3n) is 3.42. The highest BCUT2D eigenvalue weighted by atomic mass is 35.5. The van der Waals surface area contributed by atoms with Gasteiger partial charge in [0.1, 0.15) is 12.4 Å². The summed E-state index contributed by atoms with van der Waals surface area (Å²) in [6, 6.07) is 8.00. The molecule has 0 atom stereocenters. The first-order valence-corrected chi connectivity index (χ1v) is 8.81. The highest BCUT2D eigenvalue weighted by Gasteiger charge is 2.40. The maximum atomic E-state index is 12.9. The minimum absolute atomic E-state index is 0.239. The topological polar surface area (TPSA) is 35.5 Å². The maximum absolute atomic E-state index is 12.9. The Morgan fingerprint density at radius 2 is 2.04 bits per heavy atom. The number of carbonyl (C=O) groups excluding carboxylic acids is 1. The monoisotopic (exact) mass is 422 g/mol. The quantitative estimate of drug-likeness (QED) is 0.294. The second-order valence-electron chi connectivity index (χ2n) is 5.43. The van der Waals surface area contributed by atoms with Gasteiger partial charge in [-0.2, -0.15) is 8.78 Å². The van der Waals surface area contributed by atoms with E-state index in [2.05, 4.69) is 0 Å². The van der Waals surface area contributed by atoms with Crippen LogP contribution >= 0.6 is 22.9 Å². The van der Waals surface area contributed by atoms with Gasteiger partial charge in [0.05, 0.1) is 22.9 Å². The van der Waals surface area contributed by atoms with E-state index in [4.69, 9.17) is 21.1 Å². The summed E-state index contributed by atoms with van der Waals surface area (Å²) in [5.74, 6) is -4.11. The van der Waals surface area contributed by atoms with Crippen LogP contribution in [0.4, 0.5) is 17.6 Å². The first-order chi connectivity index (χ1) is 12.7. The van der Waals surface area contributed by atoms with Crippen LogP contribution in [0, 0.1) is 0 Å². The summed E-state index contributed by atoms with van der Waals surface area (Å²) in [4.78, 5) is 12.5. The fourth-order valence-electron chi connectivity index (χ4n) is 2.08. The van der Waals surface area contributed by atoms with Crippen molar-refractivity contribution in [3.8, 4) is 5.75 Å². The number of hydrogen-bond acceptors (Lipinski definition) is 4. The molecule has 1 aromatic heterocycles. The minimum Gasteiger partial charge on any atom is -0.496 e. The van der Waals surface area contributed by atoms with Gasteiger partial charge in [0.25, 0.3) is 0 Å². The Morgan fingerprint density at radius 1 is 1.30 bits per heavy atom. The second kappa shape index (κ2) is 9.34. The molecule has 9 heteroatoms. The van der Waals surface area contributed by atoms with Crippen molar-refractivity contribution in [1.82, 2.24) is 0 Å². The molecule has 0 bridgehead atoms. The van der Waals surface area contributed by atoms with Crippen LogP contribution in [-0.2, 0) is 11.3 Å². The number of benzene rings is 1. The molecule has 0 fully saturated rings. The van der Waals surface area contributed by atoms with Gasteiger partial charge in [-0.1, -0.05) is 23.7 Å². The number of allylic oxidation sites excluding steroid dienone is 1. The lowest BCUT2D eigenvalue weighted by Gasteiger charge is -2.16. The van der Waals surface area contributed by atoms with Crippen LogP contribution in [0.15, 0.2) is 36.4 Å². The number of rotatable bonds is 9. The molecule has 0 unspecified atom stereocenters. The number of carbonyl (C=O) groups is 1. The standard InChI is InChI=1S/C18H15ClF4O3S/c1-25-14-5-3-11(2-4-13(24)15-6-7-16(19)27-15)8-12(14)9-26-10-18(22,23)17(20)21/h2-8,17H,9-10H2,1H3/b4-2+. The Hall–Kier alpha value is -1.90. The molecule has 2 rings (SSSR count). The molecule has 0 saturated heterocycles. The van der Waals surface area contributed by atoms with E-state index in [1.807, 2.05) is 0 Å². The molecule has 0 N–H and O–H groups in total. The smallest absolute Gasteiger partial charge is 0.330 e. The van der Waals surface area contributed by atoms with Gasteiger partial charge in [0, 0.05) is 5.56 Å². The number of hydrogen-bond donors (Lipinski definition) is 0. The number of alkyl halides is 4. The highest BCUT2D eigenvalue weighted by molar-refractivity contribution is 7.18. The summed E-state index contributed by atoms with van der Waals surface area (Å²) in [5, 5.41) is 0. The first-order valence-electron chi connectivity index (χ1n) is 7.61. The predicted molar refractivity (Wildman–Crippen MR) is 96.3 cm³/mol. The van der Waals surface area contributed by atoms with Crippen LogP contribution < -0.4 is 4.74 Å². The van der Waals surface area contributed by atoms with Crippen LogP contribution in [-0.4, -0.2) is 31.8 Å². The third kappa shape index (κ3) is 6.05. The van der Waals surface area contributed by atoms with Crippen LogP contribution in [0.3, 0.4) is 0 Å². The molecule has 2 aromatic rings. The zero-order valence-electron chi connectivity index (χ0n) is 14.1. The van der Waals surface area contributed by atoms with E-state index < -0.39 is 19.0 Å². The fourth-order valence-corrected chi connectivity index (χ4v) is 3.04. The SMILES string of the molecule is COc1ccc(/C=C/C(=O)c2ccc(Cl)s2)cc1COCC(F)(F)C(F)F. The van der Waals surface area contributed by atoms with Gasteiger partial charge in [-0.15, -0.1) is 11.3 Å². The van der Waals surface area contributed by atoms with E-state index in [1.165, 1.54) is 19.3 Å². The van der Waals surface area contributed by atoms with Crippen LogP contribution in [0.5, 0.6) is 5.75 Å². The Kier molecular flexibility index (Phi) is 7.41. The molecule has 3 nitrogen and oxygen atoms in total. The third-order valence-corrected chi connectivity index (χ3v) is 4.66. The van der Waals surface area contributed by atoms with E-state index in [9.17, 15) is 22.4 Å². The van der Waals surface area contributed by atoms with Crippen LogP contribution in [0.1, 0.15) is 20.8 Å². The lowest BCUT2D eigenvalue weighted by molar-refractivity contribution is -0.168. The number of ketones is 1. The summed E-state index contributed by atoms with van der Waals surface area (Å²) >= 11 is 6.94. The molecular weight excluding hydrogens is 408 g/mol. The Bertz CT molecular complexity index is 821. The average Bonchev–Trinajstić information content (AvgIpc) is 3.06. The number of ether oxygens (including phenoxy) is 2. The molecule has 0 aliphatic heterocycles. The molecule has 1 heterocycles. The highest BCUT2D eigenvalue weighted by Crippen LogP contribution is 2.26. The van der Waals surface area contributed by atoms with Crippen molar-refractivity contribution in [1.29, 1.82) is 0 Å². The molecule has 0 aliphatic rings. The van der Waals surface area contributed by atoms with E-state index in [1.54, 1.807) is 30.3 Å². The second-order valence-corrected chi connectivity index (χ2v) is 7.14. The van der Waals surface area contributed by atoms with Gasteiger partial charge in [-0.05, 0) is 35.9 Å². The lowest BCUT2D eigenvalue weighted by Crippen LogP contribution is -2.32. The molecule has 146 valence electrons. The summed E-state index contributed by atoms with van der Waals surface area (Å²) < 4.78 is 60.5. The molecular formula is C18H15ClF4O3S. The summed E-state index contributed by atoms with van der Waals surface area (Å²) in [5.41, 5.74) is 0.974. The molecule has 0 spiro atoms. The molecule has 0 aliphatic carbocycles. The van der Waals surface area contributed by atoms with Gasteiger partial charge in [0.15, 0.2) is 5.78 Å². The zero-order chi connectivity index (χ0) is 20.0. The van der Waals surface area contributed by atoms with Crippen LogP contribution in [0.25, 0.3) is 6.08 Å². The van der Waals surface area contributed by atoms with Crippen molar-refractivity contribution >= 4 is 34.8 Å². The molecule has 0 radical (unpaired) electrons. The predicted octanol–water partition coefficient (Wildman–Crippen LogP) is 5.72. The van der Waals surface area contributed by atoms with E-state index in [0.717, 1.165) is 11.3 Å². The molecule has 27 heavy (non-hydrogen) atoms. The molecule has 0 amide bonds. The lowest BCUT2D eigenvalue weighted by atomic mass is 10.1. The van der Waals surface area contributed by atoms with E-state index in [0.29, 0.717) is 26.1 Å². The van der Waals surface area contributed by atoms with Crippen molar-refractivity contribution in [3.05, 3.63) is 56.7 Å². The van der Waals surface area contributed by atoms with Crippen molar-refractivity contribution in [2.45, 2.75) is 19.0 Å².